The highest BCUT2D eigenvalue weighted by Crippen LogP contribution is 1.70. The summed E-state index contributed by atoms with van der Waals surface area (Å²) in [7, 11) is 3.52. The van der Waals surface area contributed by atoms with E-state index >= 15 is 0 Å². The Bertz CT molecular complexity index is 163. The zero-order chi connectivity index (χ0) is 11.4. The molecule has 5 heteroatoms. The zero-order valence-electron chi connectivity index (χ0n) is 9.35. The van der Waals surface area contributed by atoms with Gasteiger partial charge in [0.2, 0.25) is 0 Å². The fourth-order valence-corrected chi connectivity index (χ4v) is 0.546. The highest BCUT2D eigenvalue weighted by Gasteiger charge is 1.88. The molecule has 0 rings (SSSR count). The quantitative estimate of drug-likeness (QED) is 0.581. The van der Waals surface area contributed by atoms with Crippen LogP contribution < -0.4 is 10.6 Å². The molecule has 0 atom stereocenters. The number of carbonyl (C=O) groups is 2. The maximum atomic E-state index is 10.2. The van der Waals surface area contributed by atoms with Crippen LogP contribution in [0.15, 0.2) is 0 Å². The summed E-state index contributed by atoms with van der Waals surface area (Å²) in [4.78, 5) is 20.1. The van der Waals surface area contributed by atoms with Gasteiger partial charge in [0.25, 0.3) is 0 Å². The predicted octanol–water partition coefficient (Wildman–Crippen LogP) is 3.38. The Morgan fingerprint density at radius 2 is 1.20 bits per heavy atom. The van der Waals surface area contributed by atoms with Gasteiger partial charge in [-0.05, 0) is 27.9 Å². The summed E-state index contributed by atoms with van der Waals surface area (Å²) in [6.07, 6.45) is 0. The summed E-state index contributed by atoms with van der Waals surface area (Å²) in [5, 5.41) is 5.47. The van der Waals surface area contributed by atoms with E-state index in [1.807, 2.05) is 0 Å². The van der Waals surface area contributed by atoms with Gasteiger partial charge in [0.1, 0.15) is 12.4 Å². The normalized spacial score (nSPS) is 6.20. The van der Waals surface area contributed by atoms with Gasteiger partial charge in [-0.15, -0.1) is 0 Å². The van der Waals surface area contributed by atoms with Gasteiger partial charge in [0.05, 0.1) is 13.3 Å². The van der Waals surface area contributed by atoms with E-state index in [1.54, 1.807) is 21.0 Å². The van der Waals surface area contributed by atoms with Gasteiger partial charge in [-0.2, -0.15) is 0 Å². The van der Waals surface area contributed by atoms with Crippen LogP contribution in [-0.2, 0) is 14.3 Å². The van der Waals surface area contributed by atoms with E-state index in [0.29, 0.717) is 13.3 Å². The summed E-state index contributed by atoms with van der Waals surface area (Å²) in [5.41, 5.74) is 0. The van der Waals surface area contributed by atoms with Gasteiger partial charge in [-0.1, -0.05) is 44.6 Å². The smallest absolute Gasteiger partial charge is 0.155 e. The van der Waals surface area contributed by atoms with E-state index in [9.17, 15) is 9.59 Å². The van der Waals surface area contributed by atoms with Crippen LogP contribution in [0.5, 0.6) is 0 Å². The fraction of sp³-hybridized carbons (Fsp3) is 0.867. The van der Waals surface area contributed by atoms with Crippen molar-refractivity contribution in [2.45, 2.75) is 58.4 Å². The van der Waals surface area contributed by atoms with E-state index in [0.717, 1.165) is 0 Å². The molecule has 132 valence electrons. The van der Waals surface area contributed by atoms with Crippen molar-refractivity contribution in [3.05, 3.63) is 0 Å². The number of nitrogens with one attached hydrogen (secondary N) is 2. The largest absolute Gasteiger partial charge is 0.359 e. The molecule has 0 aliphatic rings. The molecule has 0 aromatic carbocycles. The maximum Gasteiger partial charge on any atom is 0.155 e. The van der Waals surface area contributed by atoms with Crippen LogP contribution in [0.25, 0.3) is 0 Å². The number of ether oxygens (including phenoxy) is 1. The van der Waals surface area contributed by atoms with Crippen LogP contribution in [0.2, 0.25) is 0 Å². The molecule has 0 aromatic heterocycles. The first kappa shape index (κ1) is 50.7. The average Bonchev–Trinajstić information content (AvgIpc) is 2.05. The number of carbonyl (C=O) groups excluding carboxylic acids is 2. The number of ketones is 2. The molecular weight excluding hydrogens is 256 g/mol. The van der Waals surface area contributed by atoms with Crippen LogP contribution in [0.1, 0.15) is 58.4 Å². The van der Waals surface area contributed by atoms with Crippen molar-refractivity contribution >= 4 is 11.6 Å². The molecule has 5 nitrogen and oxygen atoms in total. The molecule has 0 spiro atoms. The van der Waals surface area contributed by atoms with Crippen molar-refractivity contribution in [1.29, 1.82) is 0 Å². The van der Waals surface area contributed by atoms with Crippen molar-refractivity contribution in [3.63, 3.8) is 0 Å². The van der Waals surface area contributed by atoms with Crippen molar-refractivity contribution in [1.82, 2.24) is 10.6 Å². The second-order valence-corrected chi connectivity index (χ2v) is 2.78. The molecule has 2 N–H and O–H groups in total. The molecule has 0 amide bonds. The first-order chi connectivity index (χ1) is 6.54. The van der Waals surface area contributed by atoms with E-state index < -0.39 is 0 Å². The minimum atomic E-state index is 0. The Balaban J connectivity index is -0.0000000188. The number of hydrogen-bond acceptors (Lipinski definition) is 5. The van der Waals surface area contributed by atoms with Gasteiger partial charge in [0, 0.05) is 0 Å². The molecule has 0 saturated heterocycles. The minimum Gasteiger partial charge on any atom is -0.359 e. The average molecular weight is 301 g/mol. The lowest BCUT2D eigenvalue weighted by Gasteiger charge is -1.96. The van der Waals surface area contributed by atoms with Crippen molar-refractivity contribution < 1.29 is 14.3 Å². The van der Waals surface area contributed by atoms with Crippen LogP contribution in [0, 0.1) is 0 Å². The molecular formula is C15H44N2O3. The van der Waals surface area contributed by atoms with Crippen LogP contribution in [-0.4, -0.2) is 45.5 Å². The van der Waals surface area contributed by atoms with Crippen LogP contribution in [0.4, 0.5) is 0 Å². The highest BCUT2D eigenvalue weighted by atomic mass is 16.5. The molecule has 0 radical (unpaired) electrons. The van der Waals surface area contributed by atoms with E-state index in [4.69, 9.17) is 4.74 Å². The lowest BCUT2D eigenvalue weighted by Crippen LogP contribution is -2.15. The molecule has 0 aliphatic heterocycles. The van der Waals surface area contributed by atoms with Gasteiger partial charge in [0.15, 0.2) is 5.78 Å². The van der Waals surface area contributed by atoms with E-state index in [-0.39, 0.29) is 62.7 Å². The first-order valence-electron chi connectivity index (χ1n) is 4.40. The number of hydrogen-bond donors (Lipinski definition) is 2. The second-order valence-electron chi connectivity index (χ2n) is 2.78. The summed E-state index contributed by atoms with van der Waals surface area (Å²) in [6, 6.07) is 0. The summed E-state index contributed by atoms with van der Waals surface area (Å²) in [5.74, 6) is 0.234. The monoisotopic (exact) mass is 300 g/mol. The van der Waals surface area contributed by atoms with Gasteiger partial charge in [-0.25, -0.2) is 0 Å². The summed E-state index contributed by atoms with van der Waals surface area (Å²) >= 11 is 0. The maximum absolute atomic E-state index is 10.2. The number of Topliss-reactive ketones (excluding diaryl/α,β-unsaturated/α-hetero) is 2. The Morgan fingerprint density at radius 1 is 0.800 bits per heavy atom. The summed E-state index contributed by atoms with van der Waals surface area (Å²) < 4.78 is 4.78. The Labute approximate surface area is 129 Å². The molecule has 0 saturated carbocycles. The highest BCUT2D eigenvalue weighted by molar-refractivity contribution is 5.77. The molecule has 0 fully saturated rings. The summed E-state index contributed by atoms with van der Waals surface area (Å²) in [6.45, 7) is 4.19. The van der Waals surface area contributed by atoms with Gasteiger partial charge < -0.3 is 10.1 Å². The zero-order valence-corrected chi connectivity index (χ0v) is 9.35. The SMILES string of the molecule is C.C.C.C.C.C.CNCC(C)=O.CNCOCC(C)=O. The van der Waals surface area contributed by atoms with Crippen molar-refractivity contribution in [3.8, 4) is 0 Å². The third-order valence-electron chi connectivity index (χ3n) is 0.977. The molecule has 0 aromatic rings. The van der Waals surface area contributed by atoms with Crippen LogP contribution in [0.3, 0.4) is 0 Å². The molecule has 0 bridgehead atoms. The molecule has 0 heterocycles. The lowest BCUT2D eigenvalue weighted by molar-refractivity contribution is -0.121. The minimum absolute atomic E-state index is 0. The molecule has 0 unspecified atom stereocenters. The Hall–Kier alpha value is -0.780. The first-order valence-corrected chi connectivity index (χ1v) is 4.40. The van der Waals surface area contributed by atoms with Crippen molar-refractivity contribution in [2.24, 2.45) is 0 Å². The molecule has 0 aliphatic carbocycles. The molecule has 20 heavy (non-hydrogen) atoms. The third-order valence-corrected chi connectivity index (χ3v) is 0.977. The van der Waals surface area contributed by atoms with E-state index in [1.165, 1.54) is 6.92 Å². The Kier molecular flexibility index (Phi) is 109. The Morgan fingerprint density at radius 3 is 1.35 bits per heavy atom. The standard InChI is InChI=1S/C5H11NO2.C4H9NO.6CH4/c1-5(7)3-8-4-6-2;1-4(6)3-5-2;;;;;;/h6H,3-4H2,1-2H3;5H,3H2,1-2H3;6*1H4. The predicted molar refractivity (Wildman–Crippen MR) is 95.6 cm³/mol. The van der Waals surface area contributed by atoms with Gasteiger partial charge >= 0.3 is 0 Å². The topological polar surface area (TPSA) is 67.4 Å². The third kappa shape index (κ3) is 86.9. The lowest BCUT2D eigenvalue weighted by atomic mass is 10.5. The second kappa shape index (κ2) is 42.9. The van der Waals surface area contributed by atoms with Crippen LogP contribution >= 0.6 is 0 Å². The van der Waals surface area contributed by atoms with Gasteiger partial charge in [-0.3, -0.25) is 14.9 Å². The number of likely N-dealkylation sites (N-methyl/N-ethyl adjacent to an activating group) is 1. The number of rotatable bonds is 6. The van der Waals surface area contributed by atoms with E-state index in [2.05, 4.69) is 10.6 Å². The van der Waals surface area contributed by atoms with Crippen molar-refractivity contribution in [2.75, 3.05) is 34.0 Å². The fourth-order valence-electron chi connectivity index (χ4n) is 0.546.